The molecular weight excluding hydrogens is 254 g/mol. The molecule has 2 aliphatic rings. The molecule has 2 N–H and O–H groups in total. The van der Waals surface area contributed by atoms with Crippen LogP contribution < -0.4 is 5.32 Å². The van der Waals surface area contributed by atoms with E-state index in [1.807, 2.05) is 11.3 Å². The molecule has 0 bridgehead atoms. The van der Waals surface area contributed by atoms with Crippen molar-refractivity contribution in [2.45, 2.75) is 69.9 Å². The van der Waals surface area contributed by atoms with Crippen molar-refractivity contribution in [1.29, 1.82) is 0 Å². The molecule has 0 radical (unpaired) electrons. The van der Waals surface area contributed by atoms with Crippen molar-refractivity contribution in [3.63, 3.8) is 0 Å². The van der Waals surface area contributed by atoms with Gasteiger partial charge in [-0.15, -0.1) is 11.3 Å². The zero-order valence-electron chi connectivity index (χ0n) is 11.9. The van der Waals surface area contributed by atoms with Crippen LogP contribution in [0.2, 0.25) is 0 Å². The van der Waals surface area contributed by atoms with Gasteiger partial charge in [-0.05, 0) is 57.1 Å². The van der Waals surface area contributed by atoms with E-state index < -0.39 is 5.60 Å². The second kappa shape index (κ2) is 5.55. The number of thiophene rings is 1. The zero-order chi connectivity index (χ0) is 13.3. The smallest absolute Gasteiger partial charge is 0.0771 e. The summed E-state index contributed by atoms with van der Waals surface area (Å²) < 4.78 is 0. The number of nitrogens with one attached hydrogen (secondary N) is 1. The highest BCUT2D eigenvalue weighted by atomic mass is 32.1. The molecule has 1 fully saturated rings. The van der Waals surface area contributed by atoms with Crippen LogP contribution in [0, 0.1) is 0 Å². The molecule has 1 atom stereocenters. The first-order valence-corrected chi connectivity index (χ1v) is 8.55. The summed E-state index contributed by atoms with van der Waals surface area (Å²) in [5.41, 5.74) is 1.14. The molecule has 0 amide bonds. The zero-order valence-corrected chi connectivity index (χ0v) is 12.7. The lowest BCUT2D eigenvalue weighted by Crippen LogP contribution is -2.38. The average molecular weight is 279 g/mol. The number of hydrogen-bond donors (Lipinski definition) is 2. The Labute approximate surface area is 120 Å². The lowest BCUT2D eigenvalue weighted by atomic mass is 9.98. The largest absolute Gasteiger partial charge is 0.389 e. The fraction of sp³-hybridized carbons (Fsp3) is 0.750. The standard InChI is InChI=1S/C16H25NOS/c1-12(17-11-16(18)8-4-5-9-16)15-10-13-6-2-3-7-14(13)19-15/h10,12,17-18H,2-9,11H2,1H3. The first kappa shape index (κ1) is 13.6. The molecule has 1 aromatic heterocycles. The highest BCUT2D eigenvalue weighted by Gasteiger charge is 2.31. The molecule has 2 nitrogen and oxygen atoms in total. The molecule has 1 heterocycles. The Morgan fingerprint density at radius 3 is 2.74 bits per heavy atom. The molecule has 106 valence electrons. The highest BCUT2D eigenvalue weighted by Crippen LogP contribution is 2.34. The molecule has 0 spiro atoms. The van der Waals surface area contributed by atoms with Gasteiger partial charge in [0.15, 0.2) is 0 Å². The Morgan fingerprint density at radius 1 is 1.26 bits per heavy atom. The van der Waals surface area contributed by atoms with Gasteiger partial charge in [-0.25, -0.2) is 0 Å². The van der Waals surface area contributed by atoms with E-state index in [9.17, 15) is 5.11 Å². The predicted octanol–water partition coefficient (Wildman–Crippen LogP) is 3.58. The van der Waals surface area contributed by atoms with Gasteiger partial charge >= 0.3 is 0 Å². The molecule has 0 aliphatic heterocycles. The van der Waals surface area contributed by atoms with Gasteiger partial charge in [0, 0.05) is 22.3 Å². The summed E-state index contributed by atoms with van der Waals surface area (Å²) in [5.74, 6) is 0. The minimum absolute atomic E-state index is 0.375. The summed E-state index contributed by atoms with van der Waals surface area (Å²) in [4.78, 5) is 3.06. The molecule has 3 heteroatoms. The minimum atomic E-state index is -0.439. The molecule has 1 saturated carbocycles. The molecule has 1 aromatic rings. The summed E-state index contributed by atoms with van der Waals surface area (Å²) in [6.07, 6.45) is 9.54. The number of aliphatic hydroxyl groups is 1. The third-order valence-corrected chi connectivity index (χ3v) is 6.13. The maximum atomic E-state index is 10.4. The second-order valence-electron chi connectivity index (χ2n) is 6.34. The molecule has 2 aliphatic carbocycles. The fourth-order valence-electron chi connectivity index (χ4n) is 3.38. The Bertz CT molecular complexity index is 410. The Morgan fingerprint density at radius 2 is 2.00 bits per heavy atom. The van der Waals surface area contributed by atoms with E-state index >= 15 is 0 Å². The first-order chi connectivity index (χ1) is 9.16. The van der Waals surface area contributed by atoms with Crippen molar-refractivity contribution in [1.82, 2.24) is 5.32 Å². The summed E-state index contributed by atoms with van der Waals surface area (Å²) >= 11 is 1.98. The lowest BCUT2D eigenvalue weighted by molar-refractivity contribution is 0.0454. The molecule has 19 heavy (non-hydrogen) atoms. The first-order valence-electron chi connectivity index (χ1n) is 7.74. The van der Waals surface area contributed by atoms with Crippen LogP contribution in [0.25, 0.3) is 0 Å². The SMILES string of the molecule is CC(NCC1(O)CCCC1)c1cc2c(s1)CCCC2. The average Bonchev–Trinajstić information content (AvgIpc) is 3.02. The summed E-state index contributed by atoms with van der Waals surface area (Å²) in [5, 5.41) is 13.9. The number of hydrogen-bond acceptors (Lipinski definition) is 3. The van der Waals surface area contributed by atoms with Gasteiger partial charge in [0.1, 0.15) is 0 Å². The van der Waals surface area contributed by atoms with Crippen molar-refractivity contribution < 1.29 is 5.11 Å². The maximum Gasteiger partial charge on any atom is 0.0771 e. The van der Waals surface area contributed by atoms with E-state index in [0.717, 1.165) is 19.4 Å². The van der Waals surface area contributed by atoms with Gasteiger partial charge < -0.3 is 10.4 Å². The normalized spacial score (nSPS) is 23.3. The maximum absolute atomic E-state index is 10.4. The monoisotopic (exact) mass is 279 g/mol. The van der Waals surface area contributed by atoms with Crippen molar-refractivity contribution in [3.05, 3.63) is 21.4 Å². The number of aryl methyl sites for hydroxylation is 2. The Hall–Kier alpha value is -0.380. The van der Waals surface area contributed by atoms with Gasteiger partial charge in [-0.1, -0.05) is 12.8 Å². The quantitative estimate of drug-likeness (QED) is 0.883. The van der Waals surface area contributed by atoms with E-state index in [2.05, 4.69) is 18.3 Å². The van der Waals surface area contributed by atoms with E-state index in [1.54, 1.807) is 10.4 Å². The van der Waals surface area contributed by atoms with Crippen LogP contribution in [0.5, 0.6) is 0 Å². The lowest BCUT2D eigenvalue weighted by Gasteiger charge is -2.24. The van der Waals surface area contributed by atoms with Crippen LogP contribution in [-0.4, -0.2) is 17.3 Å². The van der Waals surface area contributed by atoms with Crippen molar-refractivity contribution >= 4 is 11.3 Å². The minimum Gasteiger partial charge on any atom is -0.389 e. The predicted molar refractivity (Wildman–Crippen MR) is 80.8 cm³/mol. The van der Waals surface area contributed by atoms with Crippen LogP contribution >= 0.6 is 11.3 Å². The molecule has 0 aromatic carbocycles. The third-order valence-electron chi connectivity index (χ3n) is 4.71. The Kier molecular flexibility index (Phi) is 3.97. The van der Waals surface area contributed by atoms with E-state index in [0.29, 0.717) is 6.04 Å². The molecule has 3 rings (SSSR count). The highest BCUT2D eigenvalue weighted by molar-refractivity contribution is 7.12. The summed E-state index contributed by atoms with van der Waals surface area (Å²) in [6.45, 7) is 2.98. The Balaban J connectivity index is 1.60. The summed E-state index contributed by atoms with van der Waals surface area (Å²) in [7, 11) is 0. The topological polar surface area (TPSA) is 32.3 Å². The molecule has 0 saturated heterocycles. The van der Waals surface area contributed by atoms with Crippen LogP contribution in [0.1, 0.15) is 66.8 Å². The van der Waals surface area contributed by atoms with Crippen LogP contribution in [0.4, 0.5) is 0 Å². The van der Waals surface area contributed by atoms with Gasteiger partial charge in [0.2, 0.25) is 0 Å². The summed E-state index contributed by atoms with van der Waals surface area (Å²) in [6, 6.07) is 2.77. The van der Waals surface area contributed by atoms with Gasteiger partial charge in [-0.2, -0.15) is 0 Å². The van der Waals surface area contributed by atoms with E-state index in [1.165, 1.54) is 43.4 Å². The molecular formula is C16H25NOS. The van der Waals surface area contributed by atoms with Crippen molar-refractivity contribution in [2.75, 3.05) is 6.54 Å². The number of rotatable bonds is 4. The van der Waals surface area contributed by atoms with Crippen LogP contribution in [0.15, 0.2) is 6.07 Å². The van der Waals surface area contributed by atoms with E-state index in [4.69, 9.17) is 0 Å². The number of fused-ring (bicyclic) bond motifs is 1. The van der Waals surface area contributed by atoms with E-state index in [-0.39, 0.29) is 0 Å². The third kappa shape index (κ3) is 3.04. The van der Waals surface area contributed by atoms with Gasteiger partial charge in [-0.3, -0.25) is 0 Å². The fourth-order valence-corrected chi connectivity index (χ4v) is 4.66. The second-order valence-corrected chi connectivity index (χ2v) is 7.51. The van der Waals surface area contributed by atoms with Crippen LogP contribution in [0.3, 0.4) is 0 Å². The van der Waals surface area contributed by atoms with Crippen LogP contribution in [-0.2, 0) is 12.8 Å². The van der Waals surface area contributed by atoms with Crippen molar-refractivity contribution in [2.24, 2.45) is 0 Å². The van der Waals surface area contributed by atoms with Crippen molar-refractivity contribution in [3.8, 4) is 0 Å². The van der Waals surface area contributed by atoms with Gasteiger partial charge in [0.25, 0.3) is 0 Å². The molecule has 1 unspecified atom stereocenters. The van der Waals surface area contributed by atoms with Gasteiger partial charge in [0.05, 0.1) is 5.60 Å².